The summed E-state index contributed by atoms with van der Waals surface area (Å²) in [4.78, 5) is 2.37. The second-order valence-corrected chi connectivity index (χ2v) is 6.54. The number of hydrogen-bond donors (Lipinski definition) is 1. The van der Waals surface area contributed by atoms with E-state index in [1.165, 1.54) is 12.0 Å². The molecule has 1 fully saturated rings. The Kier molecular flexibility index (Phi) is 6.45. The van der Waals surface area contributed by atoms with Gasteiger partial charge < -0.3 is 14.6 Å². The minimum atomic E-state index is -0.487. The smallest absolute Gasteiger partial charge is 0.124 e. The molecule has 4 heteroatoms. The molecule has 25 heavy (non-hydrogen) atoms. The van der Waals surface area contributed by atoms with Crippen molar-refractivity contribution < 1.29 is 14.6 Å². The molecule has 0 aliphatic carbocycles. The van der Waals surface area contributed by atoms with Crippen LogP contribution < -0.4 is 4.74 Å². The SMILES string of the molecule is COc1ccccc1COC[C@@H](O)CN1CCC[C@@H]1c1ccccc1. The molecule has 3 rings (SSSR count). The molecule has 2 aromatic rings. The van der Waals surface area contributed by atoms with Crippen molar-refractivity contribution in [2.75, 3.05) is 26.8 Å². The highest BCUT2D eigenvalue weighted by molar-refractivity contribution is 5.32. The number of likely N-dealkylation sites (tertiary alicyclic amines) is 1. The van der Waals surface area contributed by atoms with Crippen LogP contribution in [0, 0.1) is 0 Å². The lowest BCUT2D eigenvalue weighted by Crippen LogP contribution is -2.34. The van der Waals surface area contributed by atoms with Crippen molar-refractivity contribution in [1.29, 1.82) is 0 Å². The Morgan fingerprint density at radius 2 is 1.88 bits per heavy atom. The zero-order valence-corrected chi connectivity index (χ0v) is 14.8. The molecule has 1 aliphatic heterocycles. The van der Waals surface area contributed by atoms with Gasteiger partial charge >= 0.3 is 0 Å². The Morgan fingerprint density at radius 3 is 2.68 bits per heavy atom. The number of benzene rings is 2. The topological polar surface area (TPSA) is 41.9 Å². The van der Waals surface area contributed by atoms with Gasteiger partial charge in [0.1, 0.15) is 5.75 Å². The van der Waals surface area contributed by atoms with Crippen LogP contribution in [0.3, 0.4) is 0 Å². The Balaban J connectivity index is 1.48. The average molecular weight is 341 g/mol. The molecular formula is C21H27NO3. The fourth-order valence-corrected chi connectivity index (χ4v) is 3.55. The van der Waals surface area contributed by atoms with E-state index in [4.69, 9.17) is 9.47 Å². The molecular weight excluding hydrogens is 314 g/mol. The van der Waals surface area contributed by atoms with Crippen LogP contribution in [0.2, 0.25) is 0 Å². The molecule has 134 valence electrons. The summed E-state index contributed by atoms with van der Waals surface area (Å²) >= 11 is 0. The highest BCUT2D eigenvalue weighted by atomic mass is 16.5. The first-order valence-electron chi connectivity index (χ1n) is 8.94. The Morgan fingerprint density at radius 1 is 1.12 bits per heavy atom. The number of rotatable bonds is 8. The van der Waals surface area contributed by atoms with Gasteiger partial charge in [-0.3, -0.25) is 4.90 Å². The fourth-order valence-electron chi connectivity index (χ4n) is 3.55. The van der Waals surface area contributed by atoms with Crippen molar-refractivity contribution in [3.05, 3.63) is 65.7 Å². The lowest BCUT2D eigenvalue weighted by atomic mass is 10.0. The predicted octanol–water partition coefficient (Wildman–Crippen LogP) is 3.41. The maximum Gasteiger partial charge on any atom is 0.124 e. The summed E-state index contributed by atoms with van der Waals surface area (Å²) < 4.78 is 11.0. The van der Waals surface area contributed by atoms with Crippen molar-refractivity contribution in [1.82, 2.24) is 4.90 Å². The van der Waals surface area contributed by atoms with E-state index >= 15 is 0 Å². The van der Waals surface area contributed by atoms with E-state index in [1.54, 1.807) is 7.11 Å². The van der Waals surface area contributed by atoms with Gasteiger partial charge in [-0.25, -0.2) is 0 Å². The van der Waals surface area contributed by atoms with Crippen LogP contribution in [0.15, 0.2) is 54.6 Å². The second-order valence-electron chi connectivity index (χ2n) is 6.54. The van der Waals surface area contributed by atoms with E-state index in [-0.39, 0.29) is 0 Å². The van der Waals surface area contributed by atoms with Gasteiger partial charge in [-0.15, -0.1) is 0 Å². The molecule has 1 saturated heterocycles. The summed E-state index contributed by atoms with van der Waals surface area (Å²) in [5, 5.41) is 10.4. The molecule has 2 aromatic carbocycles. The molecule has 0 aromatic heterocycles. The number of para-hydroxylation sites is 1. The minimum absolute atomic E-state index is 0.329. The van der Waals surface area contributed by atoms with E-state index in [0.717, 1.165) is 24.3 Å². The van der Waals surface area contributed by atoms with Gasteiger partial charge in [0.2, 0.25) is 0 Å². The highest BCUT2D eigenvalue weighted by Crippen LogP contribution is 2.31. The van der Waals surface area contributed by atoms with Crippen molar-refractivity contribution >= 4 is 0 Å². The number of ether oxygens (including phenoxy) is 2. The van der Waals surface area contributed by atoms with Crippen molar-refractivity contribution in [2.45, 2.75) is 31.6 Å². The number of aliphatic hydroxyl groups excluding tert-OH is 1. The van der Waals surface area contributed by atoms with Crippen LogP contribution in [-0.4, -0.2) is 42.9 Å². The molecule has 0 unspecified atom stereocenters. The molecule has 1 N–H and O–H groups in total. The summed E-state index contributed by atoms with van der Waals surface area (Å²) in [6.07, 6.45) is 1.84. The van der Waals surface area contributed by atoms with Crippen LogP contribution in [0.4, 0.5) is 0 Å². The second kappa shape index (κ2) is 8.99. The minimum Gasteiger partial charge on any atom is -0.496 e. The molecule has 1 heterocycles. The van der Waals surface area contributed by atoms with Gasteiger partial charge in [0.15, 0.2) is 0 Å². The van der Waals surface area contributed by atoms with E-state index in [2.05, 4.69) is 29.2 Å². The Hall–Kier alpha value is -1.88. The molecule has 1 aliphatic rings. The lowest BCUT2D eigenvalue weighted by Gasteiger charge is -2.27. The van der Waals surface area contributed by atoms with E-state index in [0.29, 0.717) is 25.8 Å². The summed E-state index contributed by atoms with van der Waals surface area (Å²) in [5.41, 5.74) is 2.34. The van der Waals surface area contributed by atoms with Crippen LogP contribution >= 0.6 is 0 Å². The van der Waals surface area contributed by atoms with Crippen LogP contribution in [0.25, 0.3) is 0 Å². The number of nitrogens with zero attached hydrogens (tertiary/aromatic N) is 1. The quantitative estimate of drug-likeness (QED) is 0.799. The Labute approximate surface area is 150 Å². The third kappa shape index (κ3) is 4.82. The predicted molar refractivity (Wildman–Crippen MR) is 98.6 cm³/mol. The van der Waals surface area contributed by atoms with Gasteiger partial charge in [0.05, 0.1) is 26.4 Å². The summed E-state index contributed by atoms with van der Waals surface area (Å²) in [5.74, 6) is 0.820. The number of aliphatic hydroxyl groups is 1. The van der Waals surface area contributed by atoms with Crippen molar-refractivity contribution in [3.63, 3.8) is 0 Å². The third-order valence-corrected chi connectivity index (χ3v) is 4.75. The molecule has 4 nitrogen and oxygen atoms in total. The number of methoxy groups -OCH3 is 1. The van der Waals surface area contributed by atoms with Gasteiger partial charge in [-0.1, -0.05) is 48.5 Å². The first-order valence-corrected chi connectivity index (χ1v) is 8.94. The van der Waals surface area contributed by atoms with Crippen LogP contribution in [0.1, 0.15) is 30.0 Å². The summed E-state index contributed by atoms with van der Waals surface area (Å²) in [7, 11) is 1.66. The standard InChI is InChI=1S/C21H27NO3/c1-24-21-12-6-5-10-18(21)15-25-16-19(23)14-22-13-7-11-20(22)17-8-3-2-4-9-17/h2-6,8-10,12,19-20,23H,7,11,13-16H2,1H3/t19-,20+/m0/s1. The molecule has 0 radical (unpaired) electrons. The Bertz CT molecular complexity index is 647. The molecule has 0 spiro atoms. The maximum atomic E-state index is 10.4. The summed E-state index contributed by atoms with van der Waals surface area (Å²) in [6, 6.07) is 18.8. The lowest BCUT2D eigenvalue weighted by molar-refractivity contribution is 0.00725. The van der Waals surface area contributed by atoms with Crippen molar-refractivity contribution in [3.8, 4) is 5.75 Å². The maximum absolute atomic E-state index is 10.4. The van der Waals surface area contributed by atoms with Crippen LogP contribution in [0.5, 0.6) is 5.75 Å². The first-order chi connectivity index (χ1) is 12.3. The summed E-state index contributed by atoms with van der Waals surface area (Å²) in [6.45, 7) is 2.45. The average Bonchev–Trinajstić information content (AvgIpc) is 3.11. The number of β-amino-alcohol motifs (C(OH)–C–C–N with tert-alkyl or cyclic N) is 1. The first kappa shape index (κ1) is 17.9. The monoisotopic (exact) mass is 341 g/mol. The zero-order chi connectivity index (χ0) is 17.5. The largest absolute Gasteiger partial charge is 0.496 e. The zero-order valence-electron chi connectivity index (χ0n) is 14.8. The fraction of sp³-hybridized carbons (Fsp3) is 0.429. The van der Waals surface area contributed by atoms with E-state index in [9.17, 15) is 5.11 Å². The highest BCUT2D eigenvalue weighted by Gasteiger charge is 2.27. The van der Waals surface area contributed by atoms with Gasteiger partial charge in [-0.05, 0) is 31.0 Å². The van der Waals surface area contributed by atoms with E-state index < -0.39 is 6.10 Å². The van der Waals surface area contributed by atoms with E-state index in [1.807, 2.05) is 30.3 Å². The third-order valence-electron chi connectivity index (χ3n) is 4.75. The molecule has 0 bridgehead atoms. The number of hydrogen-bond acceptors (Lipinski definition) is 4. The molecule has 0 saturated carbocycles. The molecule has 0 amide bonds. The van der Waals surface area contributed by atoms with Gasteiger partial charge in [0.25, 0.3) is 0 Å². The van der Waals surface area contributed by atoms with Crippen molar-refractivity contribution in [2.24, 2.45) is 0 Å². The molecule has 2 atom stereocenters. The van der Waals surface area contributed by atoms with Gasteiger partial charge in [0, 0.05) is 18.2 Å². The normalized spacial score (nSPS) is 19.0. The van der Waals surface area contributed by atoms with Crippen LogP contribution in [-0.2, 0) is 11.3 Å². The van der Waals surface area contributed by atoms with Gasteiger partial charge in [-0.2, -0.15) is 0 Å².